The molecule has 206 valence electrons. The van der Waals surface area contributed by atoms with Gasteiger partial charge in [0.25, 0.3) is 11.8 Å². The van der Waals surface area contributed by atoms with Crippen LogP contribution in [0.3, 0.4) is 0 Å². The molecule has 0 spiro atoms. The van der Waals surface area contributed by atoms with E-state index in [1.165, 1.54) is 0 Å². The molecule has 1 fully saturated rings. The molecule has 4 amide bonds. The van der Waals surface area contributed by atoms with E-state index in [1.54, 1.807) is 59.6 Å². The van der Waals surface area contributed by atoms with E-state index in [9.17, 15) is 19.2 Å². The molecule has 40 heavy (non-hydrogen) atoms. The van der Waals surface area contributed by atoms with Crippen LogP contribution in [0, 0.1) is 6.92 Å². The van der Waals surface area contributed by atoms with Crippen LogP contribution in [0.25, 0.3) is 0 Å². The monoisotopic (exact) mass is 560 g/mol. The molecule has 11 heteroatoms. The standard InChI is InChI=1S/C29H29ClN6O4/c1-18-2-9-25(32-15-18)34-27(38)20-5-3-19(4-6-20)16-36-24(10-12-35-13-11-31-26(37)17-35)28(39)33-23-14-21(30)7-8-22(23)29(36)40/h2-9,14-15,24H,10-13,16-17H2,1H3,(H,31,37)(H,33,39)(H,32,34,38)/t24-/m1/s1. The zero-order chi connectivity index (χ0) is 28.2. The highest BCUT2D eigenvalue weighted by atomic mass is 35.5. The van der Waals surface area contributed by atoms with Crippen molar-refractivity contribution in [3.8, 4) is 0 Å². The molecule has 1 aromatic heterocycles. The van der Waals surface area contributed by atoms with Gasteiger partial charge in [0.05, 0.1) is 17.8 Å². The summed E-state index contributed by atoms with van der Waals surface area (Å²) < 4.78 is 0. The van der Waals surface area contributed by atoms with Crippen LogP contribution in [0.4, 0.5) is 11.5 Å². The van der Waals surface area contributed by atoms with Gasteiger partial charge in [-0.05, 0) is 60.9 Å². The Morgan fingerprint density at radius 3 is 2.62 bits per heavy atom. The van der Waals surface area contributed by atoms with Crippen molar-refractivity contribution < 1.29 is 19.2 Å². The van der Waals surface area contributed by atoms with Gasteiger partial charge in [-0.15, -0.1) is 0 Å². The number of carbonyl (C=O) groups excluding carboxylic acids is 4. The third-order valence-corrected chi connectivity index (χ3v) is 7.20. The SMILES string of the molecule is Cc1ccc(NC(=O)c2ccc(CN3C(=O)c4ccc(Cl)cc4NC(=O)[C@H]3CCN3CCNC(=O)C3)cc2)nc1. The van der Waals surface area contributed by atoms with Crippen LogP contribution in [0.5, 0.6) is 0 Å². The van der Waals surface area contributed by atoms with Crippen molar-refractivity contribution in [3.05, 3.63) is 88.1 Å². The summed E-state index contributed by atoms with van der Waals surface area (Å²) in [4.78, 5) is 59.4. The normalized spacial score (nSPS) is 17.5. The summed E-state index contributed by atoms with van der Waals surface area (Å²) in [5, 5.41) is 8.84. The number of nitrogens with one attached hydrogen (secondary N) is 3. The molecule has 1 saturated heterocycles. The molecule has 2 aromatic carbocycles. The second-order valence-electron chi connectivity index (χ2n) is 9.91. The Morgan fingerprint density at radius 2 is 1.90 bits per heavy atom. The molecule has 0 saturated carbocycles. The first-order valence-electron chi connectivity index (χ1n) is 13.0. The molecule has 2 aliphatic heterocycles. The summed E-state index contributed by atoms with van der Waals surface area (Å²) in [7, 11) is 0. The van der Waals surface area contributed by atoms with Gasteiger partial charge in [-0.3, -0.25) is 24.1 Å². The lowest BCUT2D eigenvalue weighted by Gasteiger charge is -2.32. The lowest BCUT2D eigenvalue weighted by Crippen LogP contribution is -2.50. The fraction of sp³-hybridized carbons (Fsp3) is 0.276. The molecule has 1 atom stereocenters. The summed E-state index contributed by atoms with van der Waals surface area (Å²) in [6.07, 6.45) is 2.02. The van der Waals surface area contributed by atoms with Crippen molar-refractivity contribution in [3.63, 3.8) is 0 Å². The van der Waals surface area contributed by atoms with Gasteiger partial charge in [0.15, 0.2) is 0 Å². The Kier molecular flexibility index (Phi) is 8.09. The van der Waals surface area contributed by atoms with Gasteiger partial charge in [-0.25, -0.2) is 4.98 Å². The van der Waals surface area contributed by atoms with Crippen molar-refractivity contribution in [2.45, 2.75) is 25.9 Å². The summed E-state index contributed by atoms with van der Waals surface area (Å²) in [5.74, 6) is -0.541. The van der Waals surface area contributed by atoms with E-state index in [0.29, 0.717) is 53.7 Å². The number of halogens is 1. The number of hydrogen-bond acceptors (Lipinski definition) is 6. The number of rotatable bonds is 7. The maximum atomic E-state index is 13.8. The van der Waals surface area contributed by atoms with Gasteiger partial charge in [0.1, 0.15) is 11.9 Å². The molecule has 3 aromatic rings. The number of hydrogen-bond donors (Lipinski definition) is 3. The van der Waals surface area contributed by atoms with Gasteiger partial charge < -0.3 is 20.9 Å². The average molecular weight is 561 g/mol. The maximum absolute atomic E-state index is 13.8. The van der Waals surface area contributed by atoms with Crippen molar-refractivity contribution in [1.29, 1.82) is 0 Å². The molecule has 0 radical (unpaired) electrons. The number of pyridine rings is 1. The van der Waals surface area contributed by atoms with Gasteiger partial charge in [-0.2, -0.15) is 0 Å². The maximum Gasteiger partial charge on any atom is 0.256 e. The first kappa shape index (κ1) is 27.3. The molecular weight excluding hydrogens is 532 g/mol. The smallest absolute Gasteiger partial charge is 0.256 e. The number of piperazine rings is 1. The van der Waals surface area contributed by atoms with Gasteiger partial charge in [0.2, 0.25) is 11.8 Å². The molecule has 0 aliphatic carbocycles. The van der Waals surface area contributed by atoms with E-state index < -0.39 is 6.04 Å². The Labute approximate surface area is 236 Å². The number of fused-ring (bicyclic) bond motifs is 1. The number of anilines is 2. The van der Waals surface area contributed by atoms with E-state index in [1.807, 2.05) is 17.9 Å². The Hall–Kier alpha value is -4.28. The third-order valence-electron chi connectivity index (χ3n) is 6.97. The van der Waals surface area contributed by atoms with Gasteiger partial charge >= 0.3 is 0 Å². The summed E-state index contributed by atoms with van der Waals surface area (Å²) in [6, 6.07) is 14.5. The van der Waals surface area contributed by atoms with Crippen LogP contribution >= 0.6 is 11.6 Å². The van der Waals surface area contributed by atoms with Crippen molar-refractivity contribution in [1.82, 2.24) is 20.1 Å². The van der Waals surface area contributed by atoms with Crippen molar-refractivity contribution in [2.24, 2.45) is 0 Å². The number of aryl methyl sites for hydroxylation is 1. The number of aromatic nitrogens is 1. The molecule has 5 rings (SSSR count). The van der Waals surface area contributed by atoms with E-state index in [0.717, 1.165) is 11.1 Å². The second kappa shape index (κ2) is 11.8. The van der Waals surface area contributed by atoms with E-state index >= 15 is 0 Å². The summed E-state index contributed by atoms with van der Waals surface area (Å²) in [6.45, 7) is 4.01. The summed E-state index contributed by atoms with van der Waals surface area (Å²) >= 11 is 6.15. The molecule has 0 unspecified atom stereocenters. The van der Waals surface area contributed by atoms with Crippen LogP contribution in [-0.2, 0) is 16.1 Å². The van der Waals surface area contributed by atoms with Crippen LogP contribution < -0.4 is 16.0 Å². The van der Waals surface area contributed by atoms with E-state index in [4.69, 9.17) is 11.6 Å². The van der Waals surface area contributed by atoms with Crippen LogP contribution in [0.15, 0.2) is 60.8 Å². The van der Waals surface area contributed by atoms with E-state index in [2.05, 4.69) is 20.9 Å². The predicted molar refractivity (Wildman–Crippen MR) is 151 cm³/mol. The molecule has 3 heterocycles. The lowest BCUT2D eigenvalue weighted by molar-refractivity contribution is -0.124. The minimum absolute atomic E-state index is 0.0613. The largest absolute Gasteiger partial charge is 0.354 e. The zero-order valence-electron chi connectivity index (χ0n) is 21.9. The quantitative estimate of drug-likeness (QED) is 0.408. The molecule has 3 N–H and O–H groups in total. The molecular formula is C29H29ClN6O4. The van der Waals surface area contributed by atoms with Gasteiger partial charge in [0, 0.05) is 43.0 Å². The van der Waals surface area contributed by atoms with E-state index in [-0.39, 0.29) is 36.7 Å². The first-order valence-corrected chi connectivity index (χ1v) is 13.4. The van der Waals surface area contributed by atoms with Gasteiger partial charge in [-0.1, -0.05) is 29.8 Å². The number of benzene rings is 2. The highest BCUT2D eigenvalue weighted by molar-refractivity contribution is 6.31. The van der Waals surface area contributed by atoms with Crippen LogP contribution in [0.1, 0.15) is 38.3 Å². The third kappa shape index (κ3) is 6.30. The van der Waals surface area contributed by atoms with Crippen LogP contribution in [0.2, 0.25) is 5.02 Å². The fourth-order valence-electron chi connectivity index (χ4n) is 4.80. The lowest BCUT2D eigenvalue weighted by atomic mass is 10.1. The number of nitrogens with zero attached hydrogens (tertiary/aromatic N) is 3. The minimum Gasteiger partial charge on any atom is -0.354 e. The first-order chi connectivity index (χ1) is 19.3. The zero-order valence-corrected chi connectivity index (χ0v) is 22.7. The topological polar surface area (TPSA) is 124 Å². The number of carbonyl (C=O) groups is 4. The fourth-order valence-corrected chi connectivity index (χ4v) is 4.98. The Bertz CT molecular complexity index is 1440. The second-order valence-corrected chi connectivity index (χ2v) is 10.4. The van der Waals surface area contributed by atoms with Crippen molar-refractivity contribution in [2.75, 3.05) is 36.8 Å². The highest BCUT2D eigenvalue weighted by Crippen LogP contribution is 2.29. The Balaban J connectivity index is 1.35. The van der Waals surface area contributed by atoms with Crippen molar-refractivity contribution >= 4 is 46.7 Å². The summed E-state index contributed by atoms with van der Waals surface area (Å²) in [5.41, 5.74) is 2.89. The Morgan fingerprint density at radius 1 is 1.10 bits per heavy atom. The molecule has 0 bridgehead atoms. The predicted octanol–water partition coefficient (Wildman–Crippen LogP) is 3.08. The average Bonchev–Trinajstić information content (AvgIpc) is 3.02. The number of amides is 4. The minimum atomic E-state index is -0.778. The molecule has 10 nitrogen and oxygen atoms in total. The molecule has 2 aliphatic rings. The van der Waals surface area contributed by atoms with Crippen LogP contribution in [-0.4, -0.2) is 70.6 Å². The highest BCUT2D eigenvalue weighted by Gasteiger charge is 2.36.